The van der Waals surface area contributed by atoms with Gasteiger partial charge in [-0.2, -0.15) is 0 Å². The van der Waals surface area contributed by atoms with Gasteiger partial charge in [-0.25, -0.2) is 0 Å². The highest BCUT2D eigenvalue weighted by Crippen LogP contribution is 2.22. The highest BCUT2D eigenvalue weighted by molar-refractivity contribution is 6.92. The monoisotopic (exact) mass is 272 g/mol. The summed E-state index contributed by atoms with van der Waals surface area (Å²) in [5.74, 6) is 0. The van der Waals surface area contributed by atoms with Gasteiger partial charge in [0.15, 0.2) is 0 Å². The van der Waals surface area contributed by atoms with Crippen LogP contribution in [0.15, 0.2) is 62.2 Å². The lowest BCUT2D eigenvalue weighted by Crippen LogP contribution is -2.47. The predicted octanol–water partition coefficient (Wildman–Crippen LogP) is 1.58. The lowest BCUT2D eigenvalue weighted by atomic mass is 9.81. The normalized spacial score (nSPS) is 10.8. The summed E-state index contributed by atoms with van der Waals surface area (Å²) in [4.78, 5) is 0. The summed E-state index contributed by atoms with van der Waals surface area (Å²) in [6.07, 6.45) is 5.90. The summed E-state index contributed by atoms with van der Waals surface area (Å²) in [6, 6.07) is 10.4. The molecule has 1 rings (SSSR count). The van der Waals surface area contributed by atoms with E-state index in [1.54, 1.807) is 12.1 Å². The van der Waals surface area contributed by atoms with Gasteiger partial charge in [-0.05, 0) is 23.6 Å². The van der Waals surface area contributed by atoms with Crippen molar-refractivity contribution in [3.05, 3.63) is 62.2 Å². The van der Waals surface area contributed by atoms with Gasteiger partial charge in [0.1, 0.15) is 0 Å². The quantitative estimate of drug-likeness (QED) is 0.557. The fraction of sp³-hybridized carbons (Fsp3) is 0.200. The van der Waals surface area contributed by atoms with Crippen molar-refractivity contribution in [3.8, 4) is 0 Å². The zero-order valence-corrected chi connectivity index (χ0v) is 12.3. The number of benzene rings is 1. The van der Waals surface area contributed by atoms with Crippen LogP contribution in [0, 0.1) is 0 Å². The maximum atomic E-state index is 9.15. The maximum Gasteiger partial charge on any atom is 0.488 e. The van der Waals surface area contributed by atoms with E-state index in [-0.39, 0.29) is 0 Å². The van der Waals surface area contributed by atoms with E-state index in [1.165, 1.54) is 5.19 Å². The van der Waals surface area contributed by atoms with E-state index < -0.39 is 15.2 Å². The summed E-state index contributed by atoms with van der Waals surface area (Å²) in [5, 5.41) is 19.6. The van der Waals surface area contributed by atoms with Gasteiger partial charge < -0.3 is 10.0 Å². The minimum atomic E-state index is -1.75. The smallest absolute Gasteiger partial charge is 0.423 e. The molecule has 0 amide bonds. The molecule has 0 bridgehead atoms. The molecule has 0 unspecified atom stereocenters. The molecule has 1 aromatic rings. The van der Waals surface area contributed by atoms with E-state index in [9.17, 15) is 0 Å². The number of rotatable bonds is 8. The Kier molecular flexibility index (Phi) is 6.02. The summed E-state index contributed by atoms with van der Waals surface area (Å²) in [5.41, 5.74) is 0.516. The number of allylic oxidation sites excluding steroid dienone is 3. The molecule has 0 heterocycles. The molecule has 4 heteroatoms. The summed E-state index contributed by atoms with van der Waals surface area (Å²) >= 11 is 0. The minimum absolute atomic E-state index is 0.516. The fourth-order valence-electron chi connectivity index (χ4n) is 2.44. The molecule has 0 aliphatic rings. The van der Waals surface area contributed by atoms with Crippen LogP contribution in [0.25, 0.3) is 0 Å². The van der Waals surface area contributed by atoms with Gasteiger partial charge in [0.25, 0.3) is 0 Å². The molecule has 0 fully saturated rings. The fourth-order valence-corrected chi connectivity index (χ4v) is 6.18. The highest BCUT2D eigenvalue weighted by atomic mass is 28.3. The van der Waals surface area contributed by atoms with Crippen molar-refractivity contribution >= 4 is 25.8 Å². The topological polar surface area (TPSA) is 40.5 Å². The van der Waals surface area contributed by atoms with Gasteiger partial charge in [0.05, 0.1) is 8.07 Å². The van der Waals surface area contributed by atoms with Crippen LogP contribution in [0.5, 0.6) is 0 Å². The van der Waals surface area contributed by atoms with Crippen molar-refractivity contribution in [1.29, 1.82) is 0 Å². The zero-order chi connectivity index (χ0) is 14.3. The number of hydrogen-bond acceptors (Lipinski definition) is 2. The standard InChI is InChI=1S/C15H21BO2Si/c1-4-11-19(12-5-2,13-6-3)15-9-7-14(8-10-15)16(17)18/h4-10,17-18H,1-3,11-13H2. The van der Waals surface area contributed by atoms with E-state index in [0.29, 0.717) is 5.46 Å². The van der Waals surface area contributed by atoms with Gasteiger partial charge in [-0.3, -0.25) is 0 Å². The van der Waals surface area contributed by atoms with E-state index >= 15 is 0 Å². The summed E-state index contributed by atoms with van der Waals surface area (Å²) < 4.78 is 0. The van der Waals surface area contributed by atoms with Crippen molar-refractivity contribution in [2.24, 2.45) is 0 Å². The summed E-state index contributed by atoms with van der Waals surface area (Å²) in [7, 11) is -3.16. The molecule has 19 heavy (non-hydrogen) atoms. The number of hydrogen-bond donors (Lipinski definition) is 2. The molecule has 0 saturated carbocycles. The van der Waals surface area contributed by atoms with Crippen LogP contribution in [-0.2, 0) is 0 Å². The highest BCUT2D eigenvalue weighted by Gasteiger charge is 2.31. The Balaban J connectivity index is 3.17. The third-order valence-corrected chi connectivity index (χ3v) is 8.19. The van der Waals surface area contributed by atoms with E-state index in [2.05, 4.69) is 19.7 Å². The van der Waals surface area contributed by atoms with Crippen LogP contribution in [-0.4, -0.2) is 25.2 Å². The van der Waals surface area contributed by atoms with E-state index in [1.807, 2.05) is 30.4 Å². The molecule has 0 atom stereocenters. The van der Waals surface area contributed by atoms with Gasteiger partial charge >= 0.3 is 7.12 Å². The molecular weight excluding hydrogens is 251 g/mol. The minimum Gasteiger partial charge on any atom is -0.423 e. The molecule has 0 aliphatic heterocycles. The van der Waals surface area contributed by atoms with Gasteiger partial charge in [0.2, 0.25) is 0 Å². The molecule has 1 aromatic carbocycles. The first-order valence-electron chi connectivity index (χ1n) is 6.39. The molecule has 0 aliphatic carbocycles. The maximum absolute atomic E-state index is 9.15. The zero-order valence-electron chi connectivity index (χ0n) is 11.3. The Hall–Kier alpha value is -1.36. The van der Waals surface area contributed by atoms with Crippen molar-refractivity contribution < 1.29 is 10.0 Å². The van der Waals surface area contributed by atoms with Crippen molar-refractivity contribution in [1.82, 2.24) is 0 Å². The van der Waals surface area contributed by atoms with Crippen LogP contribution in [0.4, 0.5) is 0 Å². The van der Waals surface area contributed by atoms with Crippen LogP contribution < -0.4 is 10.6 Å². The third kappa shape index (κ3) is 3.80. The Morgan fingerprint density at radius 3 is 1.63 bits per heavy atom. The molecule has 0 saturated heterocycles. The Labute approximate surface area is 117 Å². The lowest BCUT2D eigenvalue weighted by Gasteiger charge is -2.29. The lowest BCUT2D eigenvalue weighted by molar-refractivity contribution is 0.426. The van der Waals surface area contributed by atoms with Crippen molar-refractivity contribution in [2.75, 3.05) is 0 Å². The van der Waals surface area contributed by atoms with Crippen molar-refractivity contribution in [3.63, 3.8) is 0 Å². The average molecular weight is 272 g/mol. The molecule has 0 aromatic heterocycles. The van der Waals surface area contributed by atoms with Gasteiger partial charge in [0, 0.05) is 0 Å². The Morgan fingerprint density at radius 1 is 0.895 bits per heavy atom. The average Bonchev–Trinajstić information content (AvgIpc) is 2.39. The first kappa shape index (κ1) is 15.7. The second-order valence-corrected chi connectivity index (χ2v) is 9.12. The van der Waals surface area contributed by atoms with Gasteiger partial charge in [-0.15, -0.1) is 19.7 Å². The molecule has 2 N–H and O–H groups in total. The van der Waals surface area contributed by atoms with Crippen LogP contribution in [0.3, 0.4) is 0 Å². The Morgan fingerprint density at radius 2 is 1.32 bits per heavy atom. The van der Waals surface area contributed by atoms with E-state index in [0.717, 1.165) is 18.1 Å². The summed E-state index contributed by atoms with van der Waals surface area (Å²) in [6.45, 7) is 11.6. The predicted molar refractivity (Wildman–Crippen MR) is 86.7 cm³/mol. The molecule has 2 nitrogen and oxygen atoms in total. The SMILES string of the molecule is C=CC[Si](CC=C)(CC=C)c1ccc(B(O)O)cc1. The van der Waals surface area contributed by atoms with Gasteiger partial charge in [-0.1, -0.05) is 47.7 Å². The third-order valence-electron chi connectivity index (χ3n) is 3.43. The second-order valence-electron chi connectivity index (χ2n) is 4.75. The first-order chi connectivity index (χ1) is 9.09. The molecule has 0 spiro atoms. The van der Waals surface area contributed by atoms with E-state index in [4.69, 9.17) is 10.0 Å². The molecular formula is C15H21BO2Si. The molecule has 0 radical (unpaired) electrons. The van der Waals surface area contributed by atoms with Crippen LogP contribution >= 0.6 is 0 Å². The molecule has 100 valence electrons. The van der Waals surface area contributed by atoms with Crippen LogP contribution in [0.2, 0.25) is 18.1 Å². The first-order valence-corrected chi connectivity index (χ1v) is 9.01. The van der Waals surface area contributed by atoms with Crippen molar-refractivity contribution in [2.45, 2.75) is 18.1 Å². The largest absolute Gasteiger partial charge is 0.488 e. The second kappa shape index (κ2) is 7.28. The Bertz CT molecular complexity index is 413. The van der Waals surface area contributed by atoms with Crippen LogP contribution in [0.1, 0.15) is 0 Å².